The number of carbonyl (C=O) groups is 1. The van der Waals surface area contributed by atoms with Gasteiger partial charge in [-0.3, -0.25) is 9.78 Å². The zero-order valence-corrected chi connectivity index (χ0v) is 14.3. The quantitative estimate of drug-likeness (QED) is 0.571. The van der Waals surface area contributed by atoms with Crippen LogP contribution in [0, 0.1) is 0 Å². The first kappa shape index (κ1) is 15.5. The van der Waals surface area contributed by atoms with E-state index in [1.54, 1.807) is 12.4 Å². The van der Waals surface area contributed by atoms with Crippen LogP contribution in [-0.4, -0.2) is 20.9 Å². The van der Waals surface area contributed by atoms with Crippen LogP contribution in [0.15, 0.2) is 67.0 Å². The second kappa shape index (κ2) is 6.17. The highest BCUT2D eigenvalue weighted by Gasteiger charge is 2.20. The van der Waals surface area contributed by atoms with Gasteiger partial charge in [0, 0.05) is 22.7 Å². The van der Waals surface area contributed by atoms with Gasteiger partial charge in [0.15, 0.2) is 0 Å². The number of carbonyl (C=O) groups excluding carboxylic acids is 1. The predicted molar refractivity (Wildman–Crippen MR) is 105 cm³/mol. The molecule has 0 aliphatic carbocycles. The number of hydrogen-bond donors (Lipinski definition) is 2. The molecule has 2 N–H and O–H groups in total. The van der Waals surface area contributed by atoms with Gasteiger partial charge in [-0.05, 0) is 18.2 Å². The Morgan fingerprint density at radius 2 is 1.81 bits per heavy atom. The topological polar surface area (TPSA) is 79.8 Å². The standard InChI is InChI=1S/C21H15N5O/c27-19-10-14-11-23-21(26-20(14)16-6-2-4-8-18(16)25-19)24-15-9-13-5-1-3-7-17(13)22-12-15/h1-9,11-12H,10H2,(H,25,27)(H,23,24,26). The summed E-state index contributed by atoms with van der Waals surface area (Å²) in [5.41, 5.74) is 4.96. The number of para-hydroxylation sites is 2. The second-order valence-electron chi connectivity index (χ2n) is 6.38. The smallest absolute Gasteiger partial charge is 0.228 e. The third kappa shape index (κ3) is 2.87. The lowest BCUT2D eigenvalue weighted by atomic mass is 10.1. The van der Waals surface area contributed by atoms with Gasteiger partial charge in [-0.2, -0.15) is 0 Å². The van der Waals surface area contributed by atoms with E-state index >= 15 is 0 Å². The van der Waals surface area contributed by atoms with Crippen molar-refractivity contribution >= 4 is 34.1 Å². The van der Waals surface area contributed by atoms with E-state index in [1.807, 2.05) is 54.6 Å². The fraction of sp³-hybridized carbons (Fsp3) is 0.0476. The summed E-state index contributed by atoms with van der Waals surface area (Å²) in [5.74, 6) is 0.402. The summed E-state index contributed by atoms with van der Waals surface area (Å²) in [6, 6.07) is 17.6. The van der Waals surface area contributed by atoms with Gasteiger partial charge in [0.05, 0.1) is 35.2 Å². The van der Waals surface area contributed by atoms with E-state index < -0.39 is 0 Å². The average Bonchev–Trinajstić information content (AvgIpc) is 2.83. The van der Waals surface area contributed by atoms with Crippen LogP contribution >= 0.6 is 0 Å². The van der Waals surface area contributed by atoms with Crippen molar-refractivity contribution in [1.82, 2.24) is 15.0 Å². The molecule has 6 nitrogen and oxygen atoms in total. The summed E-state index contributed by atoms with van der Waals surface area (Å²) in [6.07, 6.45) is 3.72. The molecule has 2 aromatic heterocycles. The number of nitrogens with zero attached hydrogens (tertiary/aromatic N) is 3. The molecule has 0 atom stereocenters. The van der Waals surface area contributed by atoms with E-state index in [1.165, 1.54) is 0 Å². The number of anilines is 3. The largest absolute Gasteiger partial charge is 0.325 e. The molecule has 3 heterocycles. The summed E-state index contributed by atoms with van der Waals surface area (Å²) in [7, 11) is 0. The van der Waals surface area contributed by atoms with Crippen molar-refractivity contribution in [2.75, 3.05) is 10.6 Å². The molecule has 1 aliphatic heterocycles. The normalized spacial score (nSPS) is 12.7. The van der Waals surface area contributed by atoms with Gasteiger partial charge >= 0.3 is 0 Å². The molecule has 1 amide bonds. The maximum atomic E-state index is 12.1. The number of rotatable bonds is 2. The average molecular weight is 353 g/mol. The number of benzene rings is 2. The summed E-state index contributed by atoms with van der Waals surface area (Å²) < 4.78 is 0. The molecular weight excluding hydrogens is 338 g/mol. The first-order valence-corrected chi connectivity index (χ1v) is 8.63. The number of aromatic nitrogens is 3. The number of nitrogens with one attached hydrogen (secondary N) is 2. The molecule has 5 rings (SSSR count). The monoisotopic (exact) mass is 353 g/mol. The highest BCUT2D eigenvalue weighted by molar-refractivity contribution is 6.00. The van der Waals surface area contributed by atoms with Gasteiger partial charge in [0.2, 0.25) is 11.9 Å². The third-order valence-electron chi connectivity index (χ3n) is 4.52. The van der Waals surface area contributed by atoms with Gasteiger partial charge < -0.3 is 10.6 Å². The van der Waals surface area contributed by atoms with Crippen LogP contribution < -0.4 is 10.6 Å². The summed E-state index contributed by atoms with van der Waals surface area (Å²) in [4.78, 5) is 25.6. The zero-order chi connectivity index (χ0) is 18.2. The maximum Gasteiger partial charge on any atom is 0.228 e. The molecule has 2 aromatic carbocycles. The SMILES string of the molecule is O=C1Cc2cnc(Nc3cnc4ccccc4c3)nc2-c2ccccc2N1. The van der Waals surface area contributed by atoms with Crippen LogP contribution in [0.1, 0.15) is 5.56 Å². The Balaban J connectivity index is 1.56. The van der Waals surface area contributed by atoms with Crippen molar-refractivity contribution in [2.45, 2.75) is 6.42 Å². The van der Waals surface area contributed by atoms with Crippen LogP contribution in [0.3, 0.4) is 0 Å². The molecule has 27 heavy (non-hydrogen) atoms. The van der Waals surface area contributed by atoms with Gasteiger partial charge in [-0.1, -0.05) is 36.4 Å². The molecule has 0 saturated carbocycles. The van der Waals surface area contributed by atoms with Crippen molar-refractivity contribution in [3.05, 3.63) is 72.6 Å². The van der Waals surface area contributed by atoms with E-state index in [0.717, 1.165) is 39.1 Å². The lowest BCUT2D eigenvalue weighted by Gasteiger charge is -2.10. The molecule has 0 bridgehead atoms. The van der Waals surface area contributed by atoms with Gasteiger partial charge in [0.25, 0.3) is 0 Å². The number of pyridine rings is 1. The van der Waals surface area contributed by atoms with E-state index in [2.05, 4.69) is 25.6 Å². The molecule has 0 spiro atoms. The molecule has 0 fully saturated rings. The number of fused-ring (bicyclic) bond motifs is 4. The van der Waals surface area contributed by atoms with Gasteiger partial charge in [-0.25, -0.2) is 9.97 Å². The molecule has 1 aliphatic rings. The van der Waals surface area contributed by atoms with Crippen LogP contribution in [0.25, 0.3) is 22.2 Å². The van der Waals surface area contributed by atoms with E-state index in [-0.39, 0.29) is 12.3 Å². The molecule has 0 radical (unpaired) electrons. The zero-order valence-electron chi connectivity index (χ0n) is 14.3. The van der Waals surface area contributed by atoms with E-state index in [4.69, 9.17) is 0 Å². The van der Waals surface area contributed by atoms with Crippen molar-refractivity contribution in [1.29, 1.82) is 0 Å². The molecule has 130 valence electrons. The molecule has 6 heteroatoms. The molecular formula is C21H15N5O. The lowest BCUT2D eigenvalue weighted by molar-refractivity contribution is -0.115. The summed E-state index contributed by atoms with van der Waals surface area (Å²) >= 11 is 0. The minimum atomic E-state index is -0.0655. The molecule has 0 saturated heterocycles. The Kier molecular flexibility index (Phi) is 3.53. The lowest BCUT2D eigenvalue weighted by Crippen LogP contribution is -2.12. The van der Waals surface area contributed by atoms with Gasteiger partial charge in [0.1, 0.15) is 0 Å². The Morgan fingerprint density at radius 1 is 0.963 bits per heavy atom. The number of hydrogen-bond acceptors (Lipinski definition) is 5. The minimum Gasteiger partial charge on any atom is -0.325 e. The number of amides is 1. The highest BCUT2D eigenvalue weighted by atomic mass is 16.1. The van der Waals surface area contributed by atoms with Crippen LogP contribution in [-0.2, 0) is 11.2 Å². The first-order chi connectivity index (χ1) is 13.3. The van der Waals surface area contributed by atoms with E-state index in [0.29, 0.717) is 5.95 Å². The predicted octanol–water partition coefficient (Wildman–Crippen LogP) is 3.93. The summed E-state index contributed by atoms with van der Waals surface area (Å²) in [5, 5.41) is 7.18. The second-order valence-corrected chi connectivity index (χ2v) is 6.38. The fourth-order valence-corrected chi connectivity index (χ4v) is 3.26. The Hall–Kier alpha value is -3.80. The van der Waals surface area contributed by atoms with Gasteiger partial charge in [-0.15, -0.1) is 0 Å². The Morgan fingerprint density at radius 3 is 2.78 bits per heavy atom. The Bertz CT molecular complexity index is 1190. The van der Waals surface area contributed by atoms with Crippen LogP contribution in [0.5, 0.6) is 0 Å². The summed E-state index contributed by atoms with van der Waals surface area (Å²) in [6.45, 7) is 0. The fourth-order valence-electron chi connectivity index (χ4n) is 3.26. The van der Waals surface area contributed by atoms with Crippen molar-refractivity contribution in [2.24, 2.45) is 0 Å². The minimum absolute atomic E-state index is 0.0655. The first-order valence-electron chi connectivity index (χ1n) is 8.63. The third-order valence-corrected chi connectivity index (χ3v) is 4.52. The van der Waals surface area contributed by atoms with E-state index in [9.17, 15) is 4.79 Å². The highest BCUT2D eigenvalue weighted by Crippen LogP contribution is 2.32. The van der Waals surface area contributed by atoms with Crippen LogP contribution in [0.4, 0.5) is 17.3 Å². The van der Waals surface area contributed by atoms with Crippen molar-refractivity contribution in [3.63, 3.8) is 0 Å². The molecule has 4 aromatic rings. The Labute approximate surface area is 155 Å². The van der Waals surface area contributed by atoms with Crippen LogP contribution in [0.2, 0.25) is 0 Å². The molecule has 0 unspecified atom stereocenters. The van der Waals surface area contributed by atoms with Crippen molar-refractivity contribution < 1.29 is 4.79 Å². The maximum absolute atomic E-state index is 12.1. The van der Waals surface area contributed by atoms with Crippen molar-refractivity contribution in [3.8, 4) is 11.3 Å².